The van der Waals surface area contributed by atoms with Crippen molar-refractivity contribution in [3.05, 3.63) is 28.2 Å². The van der Waals surface area contributed by atoms with Gasteiger partial charge in [-0.3, -0.25) is 0 Å². The van der Waals surface area contributed by atoms with E-state index in [-0.39, 0.29) is 20.8 Å². The highest BCUT2D eigenvalue weighted by Crippen LogP contribution is 2.24. The lowest BCUT2D eigenvalue weighted by atomic mass is 10.2. The Bertz CT molecular complexity index is 590. The summed E-state index contributed by atoms with van der Waals surface area (Å²) in [7, 11) is -3.83. The number of nitrogens with one attached hydrogen (secondary N) is 1. The summed E-state index contributed by atoms with van der Waals surface area (Å²) in [6.45, 7) is 1.69. The smallest absolute Gasteiger partial charge is 0.241 e. The zero-order valence-electron chi connectivity index (χ0n) is 9.97. The first-order valence-electron chi connectivity index (χ1n) is 5.26. The maximum atomic E-state index is 12.1. The van der Waals surface area contributed by atoms with Gasteiger partial charge in [-0.25, -0.2) is 13.1 Å². The largest absolute Gasteiger partial charge is 0.409 e. The van der Waals surface area contributed by atoms with Crippen molar-refractivity contribution < 1.29 is 13.6 Å². The first-order chi connectivity index (χ1) is 8.81. The average molecular weight is 326 g/mol. The van der Waals surface area contributed by atoms with E-state index in [0.29, 0.717) is 6.42 Å². The van der Waals surface area contributed by atoms with E-state index >= 15 is 0 Å². The fourth-order valence-corrected chi connectivity index (χ4v) is 3.00. The van der Waals surface area contributed by atoms with E-state index in [2.05, 4.69) is 9.88 Å². The molecule has 0 aliphatic heterocycles. The van der Waals surface area contributed by atoms with E-state index in [9.17, 15) is 8.42 Å². The third-order valence-corrected chi connectivity index (χ3v) is 4.59. The molecule has 19 heavy (non-hydrogen) atoms. The molecule has 1 unspecified atom stereocenters. The van der Waals surface area contributed by atoms with E-state index in [0.717, 1.165) is 0 Å². The summed E-state index contributed by atoms with van der Waals surface area (Å²) in [6.07, 6.45) is 0.330. The Balaban J connectivity index is 3.07. The van der Waals surface area contributed by atoms with Crippen LogP contribution < -0.4 is 10.5 Å². The second-order valence-electron chi connectivity index (χ2n) is 3.68. The van der Waals surface area contributed by atoms with Crippen molar-refractivity contribution in [1.82, 2.24) is 4.72 Å². The van der Waals surface area contributed by atoms with Gasteiger partial charge in [0.25, 0.3) is 0 Å². The van der Waals surface area contributed by atoms with Crippen molar-refractivity contribution in [2.75, 3.05) is 0 Å². The van der Waals surface area contributed by atoms with E-state index in [1.807, 2.05) is 0 Å². The Labute approximate surface area is 121 Å². The summed E-state index contributed by atoms with van der Waals surface area (Å²) in [5.41, 5.74) is 5.39. The zero-order valence-corrected chi connectivity index (χ0v) is 12.3. The molecule has 0 aliphatic carbocycles. The molecule has 0 spiro atoms. The maximum Gasteiger partial charge on any atom is 0.241 e. The first kappa shape index (κ1) is 16.0. The van der Waals surface area contributed by atoms with E-state index < -0.39 is 16.1 Å². The predicted octanol–water partition coefficient (Wildman–Crippen LogP) is 1.80. The van der Waals surface area contributed by atoms with Crippen LogP contribution in [0.5, 0.6) is 0 Å². The average Bonchev–Trinajstić information content (AvgIpc) is 2.38. The Morgan fingerprint density at radius 1 is 1.47 bits per heavy atom. The number of hydrogen-bond donors (Lipinski definition) is 3. The number of nitrogens with zero attached hydrogens (tertiary/aromatic N) is 1. The lowest BCUT2D eigenvalue weighted by molar-refractivity contribution is 0.315. The molecule has 0 fully saturated rings. The monoisotopic (exact) mass is 325 g/mol. The third-order valence-electron chi connectivity index (χ3n) is 2.38. The van der Waals surface area contributed by atoms with Crippen LogP contribution in [0.25, 0.3) is 0 Å². The van der Waals surface area contributed by atoms with Crippen LogP contribution in [-0.2, 0) is 10.0 Å². The molecular formula is C10H13Cl2N3O3S. The number of rotatable bonds is 5. The predicted molar refractivity (Wildman–Crippen MR) is 74.3 cm³/mol. The molecule has 4 N–H and O–H groups in total. The molecule has 6 nitrogen and oxygen atoms in total. The molecule has 0 radical (unpaired) electrons. The maximum absolute atomic E-state index is 12.1. The molecule has 1 atom stereocenters. The van der Waals surface area contributed by atoms with Gasteiger partial charge in [-0.15, -0.1) is 0 Å². The molecule has 0 bridgehead atoms. The van der Waals surface area contributed by atoms with Gasteiger partial charge in [0.05, 0.1) is 21.0 Å². The highest BCUT2D eigenvalue weighted by Gasteiger charge is 2.22. The summed E-state index contributed by atoms with van der Waals surface area (Å²) in [5.74, 6) is -0.217. The van der Waals surface area contributed by atoms with Crippen molar-refractivity contribution >= 4 is 39.1 Å². The molecule has 1 aromatic rings. The minimum Gasteiger partial charge on any atom is -0.409 e. The second kappa shape index (κ2) is 6.42. The minimum absolute atomic E-state index is 0.0499. The molecule has 1 rings (SSSR count). The van der Waals surface area contributed by atoms with Crippen LogP contribution in [0.15, 0.2) is 28.3 Å². The van der Waals surface area contributed by atoms with Crippen LogP contribution in [0.1, 0.15) is 13.3 Å². The standard InChI is InChI=1S/C10H13Cl2N3O3S/c1-2-9(10(13)14-16)15-19(17,18)6-3-4-7(11)8(12)5-6/h3-5,9,15-16H,2H2,1H3,(H2,13,14). The molecule has 0 aromatic heterocycles. The van der Waals surface area contributed by atoms with Crippen molar-refractivity contribution in [2.24, 2.45) is 10.9 Å². The zero-order chi connectivity index (χ0) is 14.6. The number of benzene rings is 1. The van der Waals surface area contributed by atoms with Crippen LogP contribution in [0.3, 0.4) is 0 Å². The fraction of sp³-hybridized carbons (Fsp3) is 0.300. The number of amidine groups is 1. The number of halogens is 2. The molecule has 1 aromatic carbocycles. The van der Waals surface area contributed by atoms with Gasteiger partial charge in [-0.05, 0) is 24.6 Å². The quantitative estimate of drug-likeness (QED) is 0.332. The second-order valence-corrected chi connectivity index (χ2v) is 6.21. The number of nitrogens with two attached hydrogens (primary N) is 1. The summed E-state index contributed by atoms with van der Waals surface area (Å²) in [4.78, 5) is -0.0499. The summed E-state index contributed by atoms with van der Waals surface area (Å²) in [5, 5.41) is 11.7. The van der Waals surface area contributed by atoms with Crippen LogP contribution in [0.4, 0.5) is 0 Å². The van der Waals surface area contributed by atoms with Crippen LogP contribution in [0, 0.1) is 0 Å². The highest BCUT2D eigenvalue weighted by atomic mass is 35.5. The molecule has 0 heterocycles. The van der Waals surface area contributed by atoms with Crippen molar-refractivity contribution in [1.29, 1.82) is 0 Å². The van der Waals surface area contributed by atoms with Gasteiger partial charge < -0.3 is 10.9 Å². The van der Waals surface area contributed by atoms with Gasteiger partial charge in [0.15, 0.2) is 5.84 Å². The van der Waals surface area contributed by atoms with Gasteiger partial charge in [0.1, 0.15) is 0 Å². The van der Waals surface area contributed by atoms with Gasteiger partial charge in [-0.1, -0.05) is 35.3 Å². The van der Waals surface area contributed by atoms with Gasteiger partial charge in [-0.2, -0.15) is 0 Å². The minimum atomic E-state index is -3.83. The van der Waals surface area contributed by atoms with Crippen molar-refractivity contribution in [3.8, 4) is 0 Å². The number of hydrogen-bond acceptors (Lipinski definition) is 4. The lowest BCUT2D eigenvalue weighted by Gasteiger charge is -2.15. The fourth-order valence-electron chi connectivity index (χ4n) is 1.32. The molecule has 0 saturated heterocycles. The van der Waals surface area contributed by atoms with Crippen LogP contribution >= 0.6 is 23.2 Å². The summed E-state index contributed by atoms with van der Waals surface area (Å²) >= 11 is 11.5. The Hall–Kier alpha value is -1.02. The molecule has 0 aliphatic rings. The third kappa shape index (κ3) is 3.97. The van der Waals surface area contributed by atoms with Gasteiger partial charge in [0.2, 0.25) is 10.0 Å². The lowest BCUT2D eigenvalue weighted by Crippen LogP contribution is -2.44. The Morgan fingerprint density at radius 3 is 2.58 bits per heavy atom. The van der Waals surface area contributed by atoms with Crippen molar-refractivity contribution in [3.63, 3.8) is 0 Å². The first-order valence-corrected chi connectivity index (χ1v) is 7.50. The number of oxime groups is 1. The van der Waals surface area contributed by atoms with Crippen LogP contribution in [-0.4, -0.2) is 25.5 Å². The van der Waals surface area contributed by atoms with E-state index in [1.54, 1.807) is 6.92 Å². The normalized spacial score (nSPS) is 14.4. The molecule has 9 heteroatoms. The molecule has 0 saturated carbocycles. The topological polar surface area (TPSA) is 105 Å². The molecular weight excluding hydrogens is 313 g/mol. The Kier molecular flexibility index (Phi) is 5.42. The SMILES string of the molecule is CCC(NS(=O)(=O)c1ccc(Cl)c(Cl)c1)/C(N)=N/O. The summed E-state index contributed by atoms with van der Waals surface area (Å²) in [6, 6.07) is 3.12. The molecule has 106 valence electrons. The van der Waals surface area contributed by atoms with E-state index in [1.165, 1.54) is 18.2 Å². The summed E-state index contributed by atoms with van der Waals surface area (Å²) < 4.78 is 26.5. The van der Waals surface area contributed by atoms with Crippen LogP contribution in [0.2, 0.25) is 10.0 Å². The highest BCUT2D eigenvalue weighted by molar-refractivity contribution is 7.89. The van der Waals surface area contributed by atoms with Crippen molar-refractivity contribution in [2.45, 2.75) is 24.3 Å². The van der Waals surface area contributed by atoms with Gasteiger partial charge in [0, 0.05) is 0 Å². The molecule has 0 amide bonds. The van der Waals surface area contributed by atoms with Gasteiger partial charge >= 0.3 is 0 Å². The Morgan fingerprint density at radius 2 is 2.11 bits per heavy atom. The van der Waals surface area contributed by atoms with E-state index in [4.69, 9.17) is 34.1 Å². The number of sulfonamides is 1.